The van der Waals surface area contributed by atoms with Crippen molar-refractivity contribution in [3.63, 3.8) is 0 Å². The summed E-state index contributed by atoms with van der Waals surface area (Å²) in [6.07, 6.45) is 8.72. The van der Waals surface area contributed by atoms with E-state index >= 15 is 0 Å². The minimum absolute atomic E-state index is 0.0819. The number of hydrogen-bond acceptors (Lipinski definition) is 3. The molecule has 4 rings (SSSR count). The summed E-state index contributed by atoms with van der Waals surface area (Å²) in [5.74, 6) is 0.926. The zero-order chi connectivity index (χ0) is 13.1. The molecule has 4 heteroatoms. The molecule has 0 radical (unpaired) electrons. The van der Waals surface area contributed by atoms with Gasteiger partial charge in [-0.1, -0.05) is 12.8 Å². The quantitative estimate of drug-likeness (QED) is 0.559. The maximum Gasteiger partial charge on any atom is 0.506 e. The van der Waals surface area contributed by atoms with E-state index in [1.807, 2.05) is 0 Å². The van der Waals surface area contributed by atoms with Crippen LogP contribution in [-0.4, -0.2) is 41.4 Å². The van der Waals surface area contributed by atoms with Crippen molar-refractivity contribution in [2.75, 3.05) is 13.2 Å². The summed E-state index contributed by atoms with van der Waals surface area (Å²) in [5.41, 5.74) is -0.185. The molecule has 4 aliphatic rings. The van der Waals surface area contributed by atoms with Crippen LogP contribution in [0.4, 0.5) is 0 Å². The van der Waals surface area contributed by atoms with Crippen LogP contribution in [0.25, 0.3) is 0 Å². The Bertz CT molecular complexity index is 431. The summed E-state index contributed by atoms with van der Waals surface area (Å²) in [7, 11) is 0. The second-order valence-electron chi connectivity index (χ2n) is 6.69. The molecule has 3 heterocycles. The molecule has 3 saturated heterocycles. The largest absolute Gasteiger partial charge is 0.506 e. The maximum atomic E-state index is 12.3. The highest BCUT2D eigenvalue weighted by atomic mass is 16.6. The van der Waals surface area contributed by atoms with Crippen molar-refractivity contribution in [3.8, 4) is 0 Å². The molecule has 0 aromatic heterocycles. The van der Waals surface area contributed by atoms with E-state index in [4.69, 9.17) is 4.74 Å². The van der Waals surface area contributed by atoms with Gasteiger partial charge in [0, 0.05) is 17.8 Å². The third-order valence-corrected chi connectivity index (χ3v) is 6.11. The van der Waals surface area contributed by atoms with Gasteiger partial charge < -0.3 is 9.64 Å². The Morgan fingerprint density at radius 1 is 1.37 bits per heavy atom. The van der Waals surface area contributed by atoms with E-state index in [0.717, 1.165) is 32.4 Å². The number of epoxide rings is 1. The number of ether oxygens (including phenoxy) is 1. The van der Waals surface area contributed by atoms with Gasteiger partial charge in [0.2, 0.25) is 12.3 Å². The standard InChI is InChI=1S/C15H20NO3/c17-8-4-12-14(10-19-14)6-7-16-13(18)9-11-3-1-2-5-15(11,12)16/h11-12H,1-7,9-10H2/q+1/t11-,12+,14-,15-/m0/s1. The highest BCUT2D eigenvalue weighted by Gasteiger charge is 2.70. The Kier molecular flexibility index (Phi) is 2.34. The smallest absolute Gasteiger partial charge is 0.369 e. The molecule has 4 nitrogen and oxygen atoms in total. The number of amides is 1. The van der Waals surface area contributed by atoms with Crippen LogP contribution in [0.15, 0.2) is 0 Å². The second kappa shape index (κ2) is 3.77. The van der Waals surface area contributed by atoms with Gasteiger partial charge in [0.25, 0.3) is 0 Å². The number of carbonyl (C=O) groups is 1. The molecular weight excluding hydrogens is 242 g/mol. The van der Waals surface area contributed by atoms with E-state index < -0.39 is 0 Å². The fraction of sp³-hybridized carbons (Fsp3) is 0.867. The van der Waals surface area contributed by atoms with Crippen molar-refractivity contribution in [2.24, 2.45) is 11.8 Å². The zero-order valence-electron chi connectivity index (χ0n) is 11.2. The molecule has 1 saturated carbocycles. The van der Waals surface area contributed by atoms with Gasteiger partial charge in [-0.15, -0.1) is 0 Å². The number of carbonyl (C=O) groups excluding carboxylic acids is 2. The molecule has 0 bridgehead atoms. The molecule has 102 valence electrons. The number of rotatable bonds is 2. The first-order valence-electron chi connectivity index (χ1n) is 7.52. The van der Waals surface area contributed by atoms with Gasteiger partial charge in [-0.3, -0.25) is 4.79 Å². The van der Waals surface area contributed by atoms with E-state index in [0.29, 0.717) is 24.7 Å². The van der Waals surface area contributed by atoms with Gasteiger partial charge in [-0.2, -0.15) is 0 Å². The lowest BCUT2D eigenvalue weighted by molar-refractivity contribution is -0.140. The van der Waals surface area contributed by atoms with Crippen LogP contribution >= 0.6 is 0 Å². The highest BCUT2D eigenvalue weighted by molar-refractivity contribution is 5.81. The van der Waals surface area contributed by atoms with Gasteiger partial charge in [-0.25, -0.2) is 0 Å². The third kappa shape index (κ3) is 1.36. The fourth-order valence-corrected chi connectivity index (χ4v) is 5.24. The summed E-state index contributed by atoms with van der Waals surface area (Å²) in [5, 5.41) is 0. The van der Waals surface area contributed by atoms with Gasteiger partial charge in [0.15, 0.2) is 0 Å². The monoisotopic (exact) mass is 262 g/mol. The minimum atomic E-state index is -0.103. The van der Waals surface area contributed by atoms with Gasteiger partial charge >= 0.3 is 6.29 Å². The summed E-state index contributed by atoms with van der Waals surface area (Å²) in [4.78, 5) is 25.5. The Labute approximate surface area is 113 Å². The van der Waals surface area contributed by atoms with Gasteiger partial charge in [-0.05, 0) is 25.2 Å². The third-order valence-electron chi connectivity index (χ3n) is 6.11. The molecule has 0 unspecified atom stereocenters. The second-order valence-corrected chi connectivity index (χ2v) is 6.69. The molecular formula is C15H20NO3+. The molecule has 4 atom stereocenters. The Morgan fingerprint density at radius 3 is 2.95 bits per heavy atom. The predicted molar refractivity (Wildman–Crippen MR) is 68.1 cm³/mol. The molecule has 3 aliphatic heterocycles. The lowest BCUT2D eigenvalue weighted by atomic mass is 9.59. The van der Waals surface area contributed by atoms with Gasteiger partial charge in [0.05, 0.1) is 18.1 Å². The maximum absolute atomic E-state index is 12.3. The molecule has 19 heavy (non-hydrogen) atoms. The molecule has 4 fully saturated rings. The van der Waals surface area contributed by atoms with E-state index in [-0.39, 0.29) is 17.1 Å². The van der Waals surface area contributed by atoms with Crippen LogP contribution in [0.3, 0.4) is 0 Å². The molecule has 2 spiro atoms. The Balaban J connectivity index is 1.79. The number of hydrogen-bond donors (Lipinski definition) is 0. The van der Waals surface area contributed by atoms with Crippen LogP contribution in [0, 0.1) is 11.8 Å². The van der Waals surface area contributed by atoms with Crippen molar-refractivity contribution in [2.45, 2.75) is 56.1 Å². The number of piperidine rings is 1. The lowest BCUT2D eigenvalue weighted by Crippen LogP contribution is -2.64. The van der Waals surface area contributed by atoms with Crippen LogP contribution in [-0.2, 0) is 14.3 Å². The predicted octanol–water partition coefficient (Wildman–Crippen LogP) is 1.44. The summed E-state index contributed by atoms with van der Waals surface area (Å²) in [6.45, 7) is 1.60. The zero-order valence-corrected chi connectivity index (χ0v) is 11.2. The van der Waals surface area contributed by atoms with Crippen molar-refractivity contribution < 1.29 is 14.3 Å². The molecule has 0 N–H and O–H groups in total. The van der Waals surface area contributed by atoms with Crippen molar-refractivity contribution in [3.05, 3.63) is 0 Å². The van der Waals surface area contributed by atoms with E-state index in [1.165, 1.54) is 12.8 Å². The average molecular weight is 262 g/mol. The first kappa shape index (κ1) is 11.8. The van der Waals surface area contributed by atoms with Crippen LogP contribution in [0.5, 0.6) is 0 Å². The van der Waals surface area contributed by atoms with E-state index in [2.05, 4.69) is 11.2 Å². The minimum Gasteiger partial charge on any atom is -0.369 e. The van der Waals surface area contributed by atoms with E-state index in [1.54, 1.807) is 0 Å². The molecule has 1 amide bonds. The normalized spacial score (nSPS) is 47.8. The van der Waals surface area contributed by atoms with Crippen molar-refractivity contribution >= 4 is 12.2 Å². The summed E-state index contributed by atoms with van der Waals surface area (Å²) in [6, 6.07) is 0. The van der Waals surface area contributed by atoms with Crippen molar-refractivity contribution in [1.29, 1.82) is 0 Å². The Hall–Kier alpha value is -0.990. The highest BCUT2D eigenvalue weighted by Crippen LogP contribution is 2.60. The first-order chi connectivity index (χ1) is 9.23. The fourth-order valence-electron chi connectivity index (χ4n) is 5.24. The summed E-state index contributed by atoms with van der Waals surface area (Å²) < 4.78 is 5.77. The van der Waals surface area contributed by atoms with Crippen LogP contribution in [0.1, 0.15) is 44.9 Å². The van der Waals surface area contributed by atoms with Crippen LogP contribution < -0.4 is 0 Å². The topological polar surface area (TPSA) is 49.9 Å². The lowest BCUT2D eigenvalue weighted by Gasteiger charge is -2.53. The summed E-state index contributed by atoms with van der Waals surface area (Å²) >= 11 is 0. The van der Waals surface area contributed by atoms with Crippen molar-refractivity contribution in [1.82, 2.24) is 4.90 Å². The molecule has 1 aliphatic carbocycles. The molecule has 0 aromatic carbocycles. The average Bonchev–Trinajstić information content (AvgIpc) is 3.11. The number of nitrogens with zero attached hydrogens (tertiary/aromatic N) is 1. The SMILES string of the molecule is O=[C+]C[C@@H]1[C@]2(CCN3C(=O)C[C@@H]4CCCC[C@]413)CO2. The van der Waals surface area contributed by atoms with Crippen LogP contribution in [0.2, 0.25) is 0 Å². The van der Waals surface area contributed by atoms with E-state index in [9.17, 15) is 9.59 Å². The first-order valence-corrected chi connectivity index (χ1v) is 7.52. The molecule has 0 aromatic rings. The van der Waals surface area contributed by atoms with Gasteiger partial charge in [0.1, 0.15) is 5.60 Å². The Morgan fingerprint density at radius 2 is 2.21 bits per heavy atom.